The fourth-order valence-electron chi connectivity index (χ4n) is 2.14. The van der Waals surface area contributed by atoms with Crippen LogP contribution in [0.2, 0.25) is 10.0 Å². The highest BCUT2D eigenvalue weighted by molar-refractivity contribution is 7.14. The van der Waals surface area contributed by atoms with Gasteiger partial charge in [-0.25, -0.2) is 4.98 Å². The summed E-state index contributed by atoms with van der Waals surface area (Å²) in [6.07, 6.45) is 0. The third kappa shape index (κ3) is 4.57. The maximum Gasteiger partial charge on any atom is 0.275 e. The van der Waals surface area contributed by atoms with Crippen LogP contribution in [0.25, 0.3) is 0 Å². The van der Waals surface area contributed by atoms with Gasteiger partial charge in [-0.1, -0.05) is 29.3 Å². The molecule has 138 valence electrons. The van der Waals surface area contributed by atoms with E-state index in [4.69, 9.17) is 27.9 Å². The lowest BCUT2D eigenvalue weighted by Crippen LogP contribution is -2.14. The quantitative estimate of drug-likeness (QED) is 0.609. The zero-order valence-corrected chi connectivity index (χ0v) is 16.3. The number of halogens is 2. The fraction of sp³-hybridized carbons (Fsp3) is 0.0556. The standard InChI is InChI=1S/C18H13Cl2N3O3S/c1-26-11-7-5-10(6-8-11)16(24)23-18-21-14(9-27-18)17(25)22-15-12(19)3-2-4-13(15)20/h2-9H,1H3,(H,22,25)(H,21,23,24). The highest BCUT2D eigenvalue weighted by Gasteiger charge is 2.16. The average Bonchev–Trinajstić information content (AvgIpc) is 3.13. The van der Waals surface area contributed by atoms with Crippen LogP contribution in [0.15, 0.2) is 47.8 Å². The van der Waals surface area contributed by atoms with Crippen LogP contribution in [0.5, 0.6) is 5.75 Å². The van der Waals surface area contributed by atoms with E-state index in [1.807, 2.05) is 0 Å². The molecule has 3 rings (SSSR count). The molecule has 0 radical (unpaired) electrons. The van der Waals surface area contributed by atoms with Crippen molar-refractivity contribution in [1.29, 1.82) is 0 Å². The molecule has 2 amide bonds. The van der Waals surface area contributed by atoms with Crippen LogP contribution in [0.1, 0.15) is 20.8 Å². The second-order valence-electron chi connectivity index (χ2n) is 5.27. The normalized spacial score (nSPS) is 10.3. The topological polar surface area (TPSA) is 80.3 Å². The first kappa shape index (κ1) is 19.2. The van der Waals surface area contributed by atoms with Crippen LogP contribution in [0.3, 0.4) is 0 Å². The van der Waals surface area contributed by atoms with E-state index in [-0.39, 0.29) is 11.6 Å². The summed E-state index contributed by atoms with van der Waals surface area (Å²) in [6.45, 7) is 0. The van der Waals surface area contributed by atoms with Crippen LogP contribution in [0.4, 0.5) is 10.8 Å². The molecule has 9 heteroatoms. The number of hydrogen-bond donors (Lipinski definition) is 2. The number of nitrogens with zero attached hydrogens (tertiary/aromatic N) is 1. The minimum absolute atomic E-state index is 0.140. The van der Waals surface area contributed by atoms with Gasteiger partial charge in [0.05, 0.1) is 22.8 Å². The van der Waals surface area contributed by atoms with Crippen LogP contribution in [-0.2, 0) is 0 Å². The Morgan fingerprint density at radius 3 is 2.30 bits per heavy atom. The van der Waals surface area contributed by atoms with Crippen molar-refractivity contribution >= 4 is 57.2 Å². The second-order valence-corrected chi connectivity index (χ2v) is 6.94. The Hall–Kier alpha value is -2.61. The molecule has 2 N–H and O–H groups in total. The predicted octanol–water partition coefficient (Wildman–Crippen LogP) is 4.96. The number of thiazole rings is 1. The minimum Gasteiger partial charge on any atom is -0.497 e. The largest absolute Gasteiger partial charge is 0.497 e. The summed E-state index contributed by atoms with van der Waals surface area (Å²) in [7, 11) is 1.55. The SMILES string of the molecule is COc1ccc(C(=O)Nc2nc(C(=O)Nc3c(Cl)cccc3Cl)cs2)cc1. The predicted molar refractivity (Wildman–Crippen MR) is 107 cm³/mol. The molecular formula is C18H13Cl2N3O3S. The van der Waals surface area contributed by atoms with E-state index in [1.165, 1.54) is 5.38 Å². The summed E-state index contributed by atoms with van der Waals surface area (Å²) in [6, 6.07) is 11.5. The van der Waals surface area contributed by atoms with Gasteiger partial charge in [0.1, 0.15) is 11.4 Å². The molecule has 0 aliphatic carbocycles. The molecule has 0 bridgehead atoms. The van der Waals surface area contributed by atoms with Gasteiger partial charge in [0, 0.05) is 10.9 Å². The number of hydrogen-bond acceptors (Lipinski definition) is 5. The summed E-state index contributed by atoms with van der Waals surface area (Å²) in [5.74, 6) is -0.169. The fourth-order valence-corrected chi connectivity index (χ4v) is 3.32. The Kier molecular flexibility index (Phi) is 5.95. The van der Waals surface area contributed by atoms with Gasteiger partial charge in [0.25, 0.3) is 11.8 Å². The molecule has 0 saturated heterocycles. The van der Waals surface area contributed by atoms with Crippen molar-refractivity contribution in [3.05, 3.63) is 69.1 Å². The number of para-hydroxylation sites is 1. The monoisotopic (exact) mass is 421 g/mol. The summed E-state index contributed by atoms with van der Waals surface area (Å²) in [5, 5.41) is 7.74. The average molecular weight is 422 g/mol. The Morgan fingerprint density at radius 2 is 1.67 bits per heavy atom. The number of nitrogens with one attached hydrogen (secondary N) is 2. The first-order chi connectivity index (χ1) is 13.0. The van der Waals surface area contributed by atoms with Gasteiger partial charge in [-0.15, -0.1) is 11.3 Å². The smallest absolute Gasteiger partial charge is 0.275 e. The van der Waals surface area contributed by atoms with Gasteiger partial charge in [0.15, 0.2) is 5.13 Å². The molecule has 2 aromatic carbocycles. The minimum atomic E-state index is -0.480. The molecular weight excluding hydrogens is 409 g/mol. The second kappa shape index (κ2) is 8.39. The highest BCUT2D eigenvalue weighted by atomic mass is 35.5. The molecule has 0 aliphatic heterocycles. The van der Waals surface area contributed by atoms with E-state index >= 15 is 0 Å². The van der Waals surface area contributed by atoms with Crippen molar-refractivity contribution in [2.45, 2.75) is 0 Å². The van der Waals surface area contributed by atoms with E-state index in [2.05, 4.69) is 15.6 Å². The van der Waals surface area contributed by atoms with Gasteiger partial charge in [-0.05, 0) is 36.4 Å². The zero-order chi connectivity index (χ0) is 19.4. The maximum absolute atomic E-state index is 12.3. The van der Waals surface area contributed by atoms with Gasteiger partial charge < -0.3 is 10.1 Å². The molecule has 0 atom stereocenters. The molecule has 0 saturated carbocycles. The lowest BCUT2D eigenvalue weighted by molar-refractivity contribution is 0.101. The number of ether oxygens (including phenoxy) is 1. The Morgan fingerprint density at radius 1 is 1.00 bits per heavy atom. The van der Waals surface area contributed by atoms with Crippen LogP contribution < -0.4 is 15.4 Å². The first-order valence-corrected chi connectivity index (χ1v) is 9.28. The molecule has 1 aromatic heterocycles. The molecule has 0 spiro atoms. The molecule has 0 aliphatic rings. The third-order valence-electron chi connectivity index (χ3n) is 3.51. The van der Waals surface area contributed by atoms with Crippen LogP contribution in [-0.4, -0.2) is 23.9 Å². The number of rotatable bonds is 5. The number of carbonyl (C=O) groups excluding carboxylic acids is 2. The summed E-state index contributed by atoms with van der Waals surface area (Å²) in [5.41, 5.74) is 0.892. The first-order valence-electron chi connectivity index (χ1n) is 7.64. The maximum atomic E-state index is 12.3. The van der Waals surface area contributed by atoms with Gasteiger partial charge in [0.2, 0.25) is 0 Å². The van der Waals surface area contributed by atoms with Gasteiger partial charge in [-0.3, -0.25) is 14.9 Å². The number of anilines is 2. The highest BCUT2D eigenvalue weighted by Crippen LogP contribution is 2.30. The molecule has 1 heterocycles. The number of methoxy groups -OCH3 is 1. The number of amides is 2. The van der Waals surface area contributed by atoms with E-state index in [9.17, 15) is 9.59 Å². The lowest BCUT2D eigenvalue weighted by atomic mass is 10.2. The Balaban J connectivity index is 1.68. The van der Waals surface area contributed by atoms with Crippen molar-refractivity contribution < 1.29 is 14.3 Å². The molecule has 6 nitrogen and oxygen atoms in total. The van der Waals surface area contributed by atoms with Crippen molar-refractivity contribution in [1.82, 2.24) is 4.98 Å². The summed E-state index contributed by atoms with van der Waals surface area (Å²) in [4.78, 5) is 28.7. The van der Waals surface area contributed by atoms with E-state index in [0.29, 0.717) is 32.2 Å². The van der Waals surface area contributed by atoms with E-state index < -0.39 is 5.91 Å². The van der Waals surface area contributed by atoms with E-state index in [1.54, 1.807) is 49.6 Å². The van der Waals surface area contributed by atoms with Crippen molar-refractivity contribution in [2.75, 3.05) is 17.7 Å². The third-order valence-corrected chi connectivity index (χ3v) is 4.90. The number of aromatic nitrogens is 1. The van der Waals surface area contributed by atoms with Gasteiger partial charge >= 0.3 is 0 Å². The summed E-state index contributed by atoms with van der Waals surface area (Å²) >= 11 is 13.2. The Bertz CT molecular complexity index is 970. The zero-order valence-electron chi connectivity index (χ0n) is 14.0. The van der Waals surface area contributed by atoms with Crippen molar-refractivity contribution in [3.63, 3.8) is 0 Å². The molecule has 3 aromatic rings. The van der Waals surface area contributed by atoms with E-state index in [0.717, 1.165) is 11.3 Å². The number of benzene rings is 2. The van der Waals surface area contributed by atoms with Crippen LogP contribution in [0, 0.1) is 0 Å². The van der Waals surface area contributed by atoms with Crippen LogP contribution >= 0.6 is 34.5 Å². The van der Waals surface area contributed by atoms with Gasteiger partial charge in [-0.2, -0.15) is 0 Å². The molecule has 0 unspecified atom stereocenters. The van der Waals surface area contributed by atoms with Crippen molar-refractivity contribution in [3.8, 4) is 5.75 Å². The summed E-state index contributed by atoms with van der Waals surface area (Å²) < 4.78 is 5.06. The lowest BCUT2D eigenvalue weighted by Gasteiger charge is -2.07. The van der Waals surface area contributed by atoms with Crippen molar-refractivity contribution in [2.24, 2.45) is 0 Å². The number of carbonyl (C=O) groups is 2. The molecule has 0 fully saturated rings. The Labute approximate surface area is 169 Å². The molecule has 27 heavy (non-hydrogen) atoms.